The number of aromatic hydroxyl groups is 2. The lowest BCUT2D eigenvalue weighted by molar-refractivity contribution is -0.121. The molecule has 1 amide bonds. The molecule has 4 N–H and O–H groups in total. The van der Waals surface area contributed by atoms with Crippen molar-refractivity contribution in [1.29, 1.82) is 0 Å². The molecule has 264 valence electrons. The van der Waals surface area contributed by atoms with Gasteiger partial charge in [0.05, 0.1) is 45.0 Å². The number of carbonyl (C=O) groups is 3. The van der Waals surface area contributed by atoms with Gasteiger partial charge in [-0.1, -0.05) is 24.3 Å². The lowest BCUT2D eigenvalue weighted by Gasteiger charge is -2.24. The highest BCUT2D eigenvalue weighted by Gasteiger charge is 2.32. The summed E-state index contributed by atoms with van der Waals surface area (Å²) >= 11 is 0. The number of methoxy groups -OCH3 is 3. The fraction of sp³-hybridized carbons (Fsp3) is 0.368. The summed E-state index contributed by atoms with van der Waals surface area (Å²) in [6.07, 6.45) is 5.67. The molecule has 1 aliphatic heterocycles. The molecule has 1 aromatic heterocycles. The number of allylic oxidation sites excluding steroid dienone is 1. The molecule has 3 aromatic carbocycles. The zero-order valence-electron chi connectivity index (χ0n) is 28.7. The molecule has 0 saturated carbocycles. The second-order valence-corrected chi connectivity index (χ2v) is 12.3. The fourth-order valence-electron chi connectivity index (χ4n) is 6.24. The van der Waals surface area contributed by atoms with Gasteiger partial charge in [-0.15, -0.1) is 0 Å². The number of imidazole rings is 1. The number of fused-ring (bicyclic) bond motifs is 2. The van der Waals surface area contributed by atoms with Crippen molar-refractivity contribution in [2.45, 2.75) is 70.4 Å². The van der Waals surface area contributed by atoms with Crippen molar-refractivity contribution < 1.29 is 43.5 Å². The molecule has 4 aromatic rings. The average molecular weight is 686 g/mol. The summed E-state index contributed by atoms with van der Waals surface area (Å²) < 4.78 is 22.4. The average Bonchev–Trinajstić information content (AvgIpc) is 3.52. The summed E-state index contributed by atoms with van der Waals surface area (Å²) in [4.78, 5) is 47.3. The van der Waals surface area contributed by atoms with E-state index >= 15 is 0 Å². The Hall–Kier alpha value is -5.52. The monoisotopic (exact) mass is 685 g/mol. The van der Waals surface area contributed by atoms with Crippen LogP contribution in [-0.4, -0.2) is 65.3 Å². The molecule has 2 atom stereocenters. The third-order valence-corrected chi connectivity index (χ3v) is 8.77. The van der Waals surface area contributed by atoms with E-state index in [1.807, 2.05) is 24.3 Å². The van der Waals surface area contributed by atoms with Crippen LogP contribution in [0.3, 0.4) is 0 Å². The van der Waals surface area contributed by atoms with Crippen molar-refractivity contribution in [3.05, 3.63) is 76.6 Å². The first-order valence-corrected chi connectivity index (χ1v) is 16.6. The van der Waals surface area contributed by atoms with Gasteiger partial charge in [0, 0.05) is 30.7 Å². The van der Waals surface area contributed by atoms with Gasteiger partial charge in [-0.05, 0) is 74.1 Å². The predicted molar refractivity (Wildman–Crippen MR) is 187 cm³/mol. The SMILES string of the molecule is COc1cc(C(CC(=O)NCc2nc3ccccc3[nH]2)c2c(O)cc3c(c2O)C(=O)O[C@@H](C)CCCC(=O)CCC/C=C/3)cc(OC)c1OC. The number of aromatic amines is 1. The molecule has 12 heteroatoms. The van der Waals surface area contributed by atoms with Crippen LogP contribution in [0.15, 0.2) is 48.5 Å². The number of para-hydroxylation sites is 2. The Balaban J connectivity index is 1.58. The van der Waals surface area contributed by atoms with Gasteiger partial charge in [0.25, 0.3) is 0 Å². The Labute approximate surface area is 290 Å². The van der Waals surface area contributed by atoms with Gasteiger partial charge < -0.3 is 39.5 Å². The number of H-pyrrole nitrogens is 1. The summed E-state index contributed by atoms with van der Waals surface area (Å²) in [5.41, 5.74) is 2.07. The van der Waals surface area contributed by atoms with Crippen LogP contribution in [0, 0.1) is 0 Å². The molecule has 50 heavy (non-hydrogen) atoms. The lowest BCUT2D eigenvalue weighted by atomic mass is 9.84. The van der Waals surface area contributed by atoms with E-state index < -0.39 is 29.6 Å². The standard InChI is InChI=1S/C38H43N3O9/c1-22-11-10-14-25(42)13-7-5-6-12-23-17-29(43)35(36(45)34(23)38(46)50-22)26(24-18-30(47-2)37(49-4)31(19-24)48-3)20-33(44)39-21-32-40-27-15-8-9-16-28(27)41-32/h6,8-9,12,15-19,22,26,43,45H,5,7,10-11,13-14,20-21H2,1-4H3,(H,39,44)(H,40,41)/b12-6+/t22-,26?/m0/s1. The number of aromatic nitrogens is 2. The number of Topliss-reactive ketones (excluding diaryl/α,β-unsaturated/α-hetero) is 1. The Morgan fingerprint density at radius 1 is 1.04 bits per heavy atom. The van der Waals surface area contributed by atoms with Crippen LogP contribution in [0.1, 0.15) is 90.7 Å². The number of phenols is 2. The third kappa shape index (κ3) is 8.19. The molecule has 0 fully saturated rings. The second kappa shape index (κ2) is 16.3. The highest BCUT2D eigenvalue weighted by atomic mass is 16.5. The van der Waals surface area contributed by atoms with Gasteiger partial charge in [-0.25, -0.2) is 9.78 Å². The molecule has 5 rings (SSSR count). The molecule has 1 aliphatic rings. The molecule has 0 spiro atoms. The van der Waals surface area contributed by atoms with Crippen LogP contribution >= 0.6 is 0 Å². The number of hydrogen-bond acceptors (Lipinski definition) is 10. The number of hydrogen-bond donors (Lipinski definition) is 4. The quantitative estimate of drug-likeness (QED) is 0.146. The number of benzene rings is 3. The minimum Gasteiger partial charge on any atom is -0.507 e. The Morgan fingerprint density at radius 3 is 2.46 bits per heavy atom. The number of esters is 1. The van der Waals surface area contributed by atoms with E-state index in [9.17, 15) is 24.6 Å². The van der Waals surface area contributed by atoms with Crippen molar-refractivity contribution in [3.8, 4) is 28.7 Å². The number of rotatable bonds is 9. The molecule has 2 heterocycles. The number of carbonyl (C=O) groups excluding carboxylic acids is 3. The summed E-state index contributed by atoms with van der Waals surface area (Å²) in [6.45, 7) is 1.82. The predicted octanol–water partition coefficient (Wildman–Crippen LogP) is 6.32. The first-order chi connectivity index (χ1) is 24.1. The maximum atomic E-state index is 13.7. The van der Waals surface area contributed by atoms with Crippen LogP contribution in [0.5, 0.6) is 28.7 Å². The minimum absolute atomic E-state index is 0.0540. The molecule has 0 radical (unpaired) electrons. The van der Waals surface area contributed by atoms with E-state index in [2.05, 4.69) is 15.3 Å². The van der Waals surface area contributed by atoms with Crippen molar-refractivity contribution in [3.63, 3.8) is 0 Å². The Morgan fingerprint density at radius 2 is 1.76 bits per heavy atom. The normalized spacial score (nSPS) is 16.8. The van der Waals surface area contributed by atoms with Crippen LogP contribution in [0.25, 0.3) is 17.1 Å². The summed E-state index contributed by atoms with van der Waals surface area (Å²) in [5, 5.41) is 26.4. The maximum absolute atomic E-state index is 13.7. The third-order valence-electron chi connectivity index (χ3n) is 8.77. The smallest absolute Gasteiger partial charge is 0.342 e. The molecule has 0 bridgehead atoms. The summed E-state index contributed by atoms with van der Waals surface area (Å²) in [7, 11) is 4.37. The van der Waals surface area contributed by atoms with Gasteiger partial charge >= 0.3 is 5.97 Å². The zero-order chi connectivity index (χ0) is 35.8. The van der Waals surface area contributed by atoms with Crippen molar-refractivity contribution >= 4 is 34.8 Å². The topological polar surface area (TPSA) is 169 Å². The fourth-order valence-corrected chi connectivity index (χ4v) is 6.24. The van der Waals surface area contributed by atoms with Crippen LogP contribution in [0.4, 0.5) is 0 Å². The zero-order valence-corrected chi connectivity index (χ0v) is 28.7. The highest BCUT2D eigenvalue weighted by Crippen LogP contribution is 2.47. The van der Waals surface area contributed by atoms with E-state index in [1.165, 1.54) is 27.4 Å². The molecular formula is C38H43N3O9. The van der Waals surface area contributed by atoms with Crippen LogP contribution < -0.4 is 19.5 Å². The first kappa shape index (κ1) is 35.8. The minimum atomic E-state index is -1.00. The number of amides is 1. The summed E-state index contributed by atoms with van der Waals surface area (Å²) in [6, 6.07) is 12.1. The highest BCUT2D eigenvalue weighted by molar-refractivity contribution is 5.98. The Kier molecular flexibility index (Phi) is 11.6. The van der Waals surface area contributed by atoms with Gasteiger partial charge in [-0.2, -0.15) is 0 Å². The second-order valence-electron chi connectivity index (χ2n) is 12.3. The van der Waals surface area contributed by atoms with Crippen molar-refractivity contribution in [1.82, 2.24) is 15.3 Å². The van der Waals surface area contributed by atoms with E-state index in [4.69, 9.17) is 18.9 Å². The number of nitrogens with one attached hydrogen (secondary N) is 2. The van der Waals surface area contributed by atoms with Gasteiger partial charge in [0.15, 0.2) is 11.5 Å². The van der Waals surface area contributed by atoms with Gasteiger partial charge in [0.2, 0.25) is 11.7 Å². The van der Waals surface area contributed by atoms with Gasteiger partial charge in [-0.3, -0.25) is 9.59 Å². The number of phenolic OH excluding ortho intramolecular Hbond substituents is 2. The number of nitrogens with zero attached hydrogens (tertiary/aromatic N) is 1. The number of ether oxygens (including phenoxy) is 4. The Bertz CT molecular complexity index is 1840. The molecule has 0 aliphatic carbocycles. The molecule has 12 nitrogen and oxygen atoms in total. The molecule has 1 unspecified atom stereocenters. The van der Waals surface area contributed by atoms with E-state index in [0.717, 1.165) is 11.0 Å². The molecular weight excluding hydrogens is 642 g/mol. The van der Waals surface area contributed by atoms with Crippen LogP contribution in [0.2, 0.25) is 0 Å². The van der Waals surface area contributed by atoms with E-state index in [0.29, 0.717) is 67.2 Å². The van der Waals surface area contributed by atoms with E-state index in [-0.39, 0.29) is 41.2 Å². The van der Waals surface area contributed by atoms with Crippen molar-refractivity contribution in [2.24, 2.45) is 0 Å². The van der Waals surface area contributed by atoms with Crippen molar-refractivity contribution in [2.75, 3.05) is 21.3 Å². The number of ketones is 1. The summed E-state index contributed by atoms with van der Waals surface area (Å²) in [5.74, 6) is -1.47. The number of cyclic esters (lactones) is 1. The van der Waals surface area contributed by atoms with E-state index in [1.54, 1.807) is 31.2 Å². The maximum Gasteiger partial charge on any atom is 0.342 e. The van der Waals surface area contributed by atoms with Gasteiger partial charge in [0.1, 0.15) is 28.7 Å². The first-order valence-electron chi connectivity index (χ1n) is 16.6. The molecule has 0 saturated heterocycles. The largest absolute Gasteiger partial charge is 0.507 e. The lowest BCUT2D eigenvalue weighted by Crippen LogP contribution is -2.26. The van der Waals surface area contributed by atoms with Crippen LogP contribution in [-0.2, 0) is 20.9 Å².